The zero-order valence-corrected chi connectivity index (χ0v) is 5.41. The van der Waals surface area contributed by atoms with Crippen molar-refractivity contribution in [2.24, 2.45) is 5.73 Å². The van der Waals surface area contributed by atoms with Crippen LogP contribution in [-0.2, 0) is 9.59 Å². The van der Waals surface area contributed by atoms with Crippen molar-refractivity contribution in [3.05, 3.63) is 0 Å². The fourth-order valence-electron chi connectivity index (χ4n) is 0.459. The van der Waals surface area contributed by atoms with Crippen LogP contribution in [0.5, 0.6) is 0 Å². The molecule has 0 unspecified atom stereocenters. The summed E-state index contributed by atoms with van der Waals surface area (Å²) in [5, 5.41) is 6.69. The molecule has 56 valence electrons. The van der Waals surface area contributed by atoms with Gasteiger partial charge in [-0.2, -0.15) is 0 Å². The van der Waals surface area contributed by atoms with Gasteiger partial charge in [0.2, 0.25) is 5.91 Å². The molecule has 5 heteroatoms. The molecular weight excluding hydrogens is 134 g/mol. The molecule has 0 spiro atoms. The molecule has 0 aromatic carbocycles. The molecule has 10 heavy (non-hydrogen) atoms. The predicted molar refractivity (Wildman–Crippen MR) is 35.6 cm³/mol. The molecule has 0 radical (unpaired) electrons. The monoisotopic (exact) mass is 143 g/mol. The number of amides is 1. The highest BCUT2D eigenvalue weighted by Gasteiger charge is 2.00. The van der Waals surface area contributed by atoms with Gasteiger partial charge in [0.1, 0.15) is 6.29 Å². The van der Waals surface area contributed by atoms with Crippen LogP contribution in [0.4, 0.5) is 0 Å². The van der Waals surface area contributed by atoms with Crippen LogP contribution in [0, 0.1) is 5.41 Å². The third-order valence-electron chi connectivity index (χ3n) is 0.851. The van der Waals surface area contributed by atoms with E-state index in [0.29, 0.717) is 6.29 Å². The Morgan fingerprint density at radius 2 is 2.30 bits per heavy atom. The van der Waals surface area contributed by atoms with Crippen LogP contribution in [0.3, 0.4) is 0 Å². The van der Waals surface area contributed by atoms with E-state index in [1.165, 1.54) is 4.90 Å². The number of carbonyl (C=O) groups is 2. The summed E-state index contributed by atoms with van der Waals surface area (Å²) in [7, 11) is 0. The summed E-state index contributed by atoms with van der Waals surface area (Å²) in [5.74, 6) is -0.551. The van der Waals surface area contributed by atoms with Crippen LogP contribution in [0.2, 0.25) is 0 Å². The Labute approximate surface area is 58.3 Å². The minimum absolute atomic E-state index is 0.0342. The van der Waals surface area contributed by atoms with Crippen molar-refractivity contribution in [1.82, 2.24) is 4.90 Å². The first-order valence-electron chi connectivity index (χ1n) is 2.67. The molecule has 0 aromatic rings. The molecule has 0 aliphatic carbocycles. The number of hydrogen-bond donors (Lipinski definition) is 2. The van der Waals surface area contributed by atoms with E-state index >= 15 is 0 Å². The van der Waals surface area contributed by atoms with Crippen molar-refractivity contribution in [1.29, 1.82) is 5.41 Å². The molecule has 1 amide bonds. The molecule has 0 fully saturated rings. The lowest BCUT2D eigenvalue weighted by Gasteiger charge is -2.11. The quantitative estimate of drug-likeness (QED) is 0.281. The smallest absolute Gasteiger partial charge is 0.236 e. The molecular formula is C5H9N3O2. The Balaban J connectivity index is 3.70. The number of hydrogen-bond acceptors (Lipinski definition) is 3. The zero-order valence-electron chi connectivity index (χ0n) is 5.41. The van der Waals surface area contributed by atoms with Gasteiger partial charge in [-0.05, 0) is 0 Å². The van der Waals surface area contributed by atoms with Crippen LogP contribution < -0.4 is 5.73 Å². The second-order valence-electron chi connectivity index (χ2n) is 1.69. The second kappa shape index (κ2) is 4.49. The zero-order chi connectivity index (χ0) is 7.98. The van der Waals surface area contributed by atoms with E-state index in [2.05, 4.69) is 0 Å². The largest absolute Gasteiger partial charge is 0.368 e. The van der Waals surface area contributed by atoms with E-state index in [9.17, 15) is 9.59 Å². The summed E-state index contributed by atoms with van der Waals surface area (Å²) in [4.78, 5) is 21.3. The number of nitrogens with two attached hydrogens (primary N) is 1. The molecule has 3 N–H and O–H groups in total. The fourth-order valence-corrected chi connectivity index (χ4v) is 0.459. The van der Waals surface area contributed by atoms with Crippen molar-refractivity contribution in [3.63, 3.8) is 0 Å². The highest BCUT2D eigenvalue weighted by Crippen LogP contribution is 1.77. The number of aldehydes is 1. The van der Waals surface area contributed by atoms with Crippen molar-refractivity contribution in [2.45, 2.75) is 0 Å². The van der Waals surface area contributed by atoms with E-state index in [0.717, 1.165) is 6.34 Å². The maximum atomic E-state index is 10.2. The van der Waals surface area contributed by atoms with Crippen molar-refractivity contribution in [2.75, 3.05) is 13.1 Å². The Bertz CT molecular complexity index is 146. The maximum absolute atomic E-state index is 10.2. The number of primary amides is 1. The Hall–Kier alpha value is -1.39. The Morgan fingerprint density at radius 3 is 2.60 bits per heavy atom. The molecule has 0 bridgehead atoms. The summed E-state index contributed by atoms with van der Waals surface area (Å²) in [6, 6.07) is 0. The van der Waals surface area contributed by atoms with Crippen molar-refractivity contribution in [3.8, 4) is 0 Å². The van der Waals surface area contributed by atoms with Crippen LogP contribution in [0.15, 0.2) is 0 Å². The highest BCUT2D eigenvalue weighted by molar-refractivity contribution is 5.79. The fraction of sp³-hybridized carbons (Fsp3) is 0.400. The molecule has 0 aliphatic rings. The van der Waals surface area contributed by atoms with Crippen molar-refractivity contribution >= 4 is 18.5 Å². The minimum Gasteiger partial charge on any atom is -0.368 e. The summed E-state index contributed by atoms with van der Waals surface area (Å²) in [6.07, 6.45) is 1.51. The van der Waals surface area contributed by atoms with Crippen LogP contribution in [0.1, 0.15) is 0 Å². The molecule has 0 aromatic heterocycles. The van der Waals surface area contributed by atoms with E-state index in [1.54, 1.807) is 0 Å². The van der Waals surface area contributed by atoms with Crippen LogP contribution >= 0.6 is 0 Å². The summed E-state index contributed by atoms with van der Waals surface area (Å²) >= 11 is 0. The first-order chi connectivity index (χ1) is 4.70. The van der Waals surface area contributed by atoms with Gasteiger partial charge in [0, 0.05) is 0 Å². The van der Waals surface area contributed by atoms with Gasteiger partial charge < -0.3 is 15.4 Å². The van der Waals surface area contributed by atoms with Gasteiger partial charge in [-0.15, -0.1) is 0 Å². The Morgan fingerprint density at radius 1 is 1.70 bits per heavy atom. The molecule has 0 aliphatic heterocycles. The number of nitrogens with zero attached hydrogens (tertiary/aromatic N) is 1. The number of carbonyl (C=O) groups excluding carboxylic acids is 2. The molecule has 0 heterocycles. The molecule has 0 atom stereocenters. The third-order valence-corrected chi connectivity index (χ3v) is 0.851. The third kappa shape index (κ3) is 3.59. The lowest BCUT2D eigenvalue weighted by atomic mass is 10.5. The average molecular weight is 143 g/mol. The summed E-state index contributed by atoms with van der Waals surface area (Å²) in [5.41, 5.74) is 4.80. The molecule has 0 rings (SSSR count). The average Bonchev–Trinajstić information content (AvgIpc) is 1.86. The first-order valence-corrected chi connectivity index (χ1v) is 2.67. The van der Waals surface area contributed by atoms with Gasteiger partial charge in [0.05, 0.1) is 19.4 Å². The molecule has 0 saturated heterocycles. The van der Waals surface area contributed by atoms with Gasteiger partial charge in [-0.1, -0.05) is 0 Å². The number of nitrogens with one attached hydrogen (secondary N) is 1. The Kier molecular flexibility index (Phi) is 3.86. The molecule has 5 nitrogen and oxygen atoms in total. The van der Waals surface area contributed by atoms with E-state index in [1.807, 2.05) is 0 Å². The van der Waals surface area contributed by atoms with E-state index in [-0.39, 0.29) is 13.1 Å². The minimum atomic E-state index is -0.551. The maximum Gasteiger partial charge on any atom is 0.236 e. The van der Waals surface area contributed by atoms with Gasteiger partial charge in [0.25, 0.3) is 0 Å². The van der Waals surface area contributed by atoms with Crippen molar-refractivity contribution < 1.29 is 9.59 Å². The predicted octanol–water partition coefficient (Wildman–Crippen LogP) is -1.42. The standard InChI is InChI=1S/C5H9N3O2/c6-4-8(1-2-9)3-5(7)10/h2,4,6H,1,3H2,(H2,7,10). The topological polar surface area (TPSA) is 87.2 Å². The SMILES string of the molecule is N=CN(CC=O)CC(N)=O. The molecule has 0 saturated carbocycles. The van der Waals surface area contributed by atoms with Gasteiger partial charge >= 0.3 is 0 Å². The van der Waals surface area contributed by atoms with Crippen LogP contribution in [-0.4, -0.2) is 36.5 Å². The van der Waals surface area contributed by atoms with E-state index < -0.39 is 5.91 Å². The number of rotatable bonds is 5. The van der Waals surface area contributed by atoms with E-state index in [4.69, 9.17) is 11.1 Å². The van der Waals surface area contributed by atoms with Gasteiger partial charge in [-0.25, -0.2) is 0 Å². The summed E-state index contributed by atoms with van der Waals surface area (Å²) in [6.45, 7) is -0.0469. The summed E-state index contributed by atoms with van der Waals surface area (Å²) < 4.78 is 0. The lowest BCUT2D eigenvalue weighted by Crippen LogP contribution is -2.33. The lowest BCUT2D eigenvalue weighted by molar-refractivity contribution is -0.118. The normalized spacial score (nSPS) is 8.40. The van der Waals surface area contributed by atoms with Crippen LogP contribution in [0.25, 0.3) is 0 Å². The first kappa shape index (κ1) is 8.61. The second-order valence-corrected chi connectivity index (χ2v) is 1.69. The highest BCUT2D eigenvalue weighted by atomic mass is 16.1. The van der Waals surface area contributed by atoms with Gasteiger partial charge in [-0.3, -0.25) is 10.2 Å². The van der Waals surface area contributed by atoms with Gasteiger partial charge in [0.15, 0.2) is 0 Å².